The lowest BCUT2D eigenvalue weighted by Gasteiger charge is -2.20. The zero-order chi connectivity index (χ0) is 28.5. The number of fused-ring (bicyclic) bond motifs is 1. The largest absolute Gasteiger partial charge is 0.417 e. The van der Waals surface area contributed by atoms with Gasteiger partial charge >= 0.3 is 6.18 Å². The lowest BCUT2D eigenvalue weighted by molar-refractivity contribution is -0.137. The van der Waals surface area contributed by atoms with Crippen LogP contribution in [0.3, 0.4) is 0 Å². The summed E-state index contributed by atoms with van der Waals surface area (Å²) in [6.45, 7) is 4.58. The lowest BCUT2D eigenvalue weighted by Crippen LogP contribution is -2.25. The van der Waals surface area contributed by atoms with E-state index >= 15 is 0 Å². The van der Waals surface area contributed by atoms with Crippen LogP contribution in [0.1, 0.15) is 42.3 Å². The minimum Gasteiger partial charge on any atom is -0.393 e. The van der Waals surface area contributed by atoms with E-state index < -0.39 is 29.9 Å². The Bertz CT molecular complexity index is 1600. The molecule has 8 nitrogen and oxygen atoms in total. The Labute approximate surface area is 222 Å². The molecule has 0 saturated carbocycles. The van der Waals surface area contributed by atoms with Gasteiger partial charge in [-0.2, -0.15) is 23.4 Å². The molecule has 1 atom stereocenters. The van der Waals surface area contributed by atoms with Gasteiger partial charge in [-0.05, 0) is 68.8 Å². The zero-order valence-electron chi connectivity index (χ0n) is 21.8. The number of alkyl halides is 3. The molecule has 204 valence electrons. The van der Waals surface area contributed by atoms with Gasteiger partial charge in [0.25, 0.3) is 5.91 Å². The fourth-order valence-corrected chi connectivity index (χ4v) is 4.16. The molecule has 0 bridgehead atoms. The number of nitrogens with one attached hydrogen (secondary N) is 1. The van der Waals surface area contributed by atoms with Crippen LogP contribution in [0, 0.1) is 0 Å². The minimum atomic E-state index is -4.64. The summed E-state index contributed by atoms with van der Waals surface area (Å²) in [5, 5.41) is 32.1. The number of hydrogen-bond donors (Lipinski definition) is 3. The fraction of sp³-hybridized carbons (Fsp3) is 0.250. The van der Waals surface area contributed by atoms with Crippen LogP contribution in [0.5, 0.6) is 0 Å². The third-order valence-corrected chi connectivity index (χ3v) is 6.29. The molecule has 2 aromatic heterocycles. The number of benzene rings is 2. The third kappa shape index (κ3) is 5.50. The van der Waals surface area contributed by atoms with Crippen LogP contribution >= 0.6 is 0 Å². The first-order valence-electron chi connectivity index (χ1n) is 12.1. The van der Waals surface area contributed by atoms with Crippen LogP contribution in [0.15, 0.2) is 66.9 Å². The number of hydrogen-bond acceptors (Lipinski definition) is 5. The van der Waals surface area contributed by atoms with Gasteiger partial charge in [0, 0.05) is 29.8 Å². The van der Waals surface area contributed by atoms with E-state index in [0.29, 0.717) is 22.2 Å². The van der Waals surface area contributed by atoms with E-state index in [1.54, 1.807) is 50.4 Å². The number of carbonyl (C=O) groups excluding carboxylic acids is 1. The van der Waals surface area contributed by atoms with Gasteiger partial charge in [0.05, 0.1) is 29.1 Å². The van der Waals surface area contributed by atoms with E-state index in [1.807, 2.05) is 6.92 Å². The van der Waals surface area contributed by atoms with Crippen molar-refractivity contribution in [1.29, 1.82) is 0 Å². The van der Waals surface area contributed by atoms with Crippen molar-refractivity contribution in [2.24, 2.45) is 7.05 Å². The van der Waals surface area contributed by atoms with E-state index in [0.717, 1.165) is 12.1 Å². The quantitative estimate of drug-likeness (QED) is 0.275. The number of aromatic nitrogens is 4. The van der Waals surface area contributed by atoms with Gasteiger partial charge in [0.1, 0.15) is 11.4 Å². The second-order valence-electron chi connectivity index (χ2n) is 9.22. The van der Waals surface area contributed by atoms with E-state index in [1.165, 1.54) is 34.6 Å². The SMILES string of the molecule is C/C=C\C(=C/C)n1nc2cc(C(C)(O)CO)ccc2c1NC(=O)c1ccc(C(F)(F)F)c(-c2ccn(C)n2)c1. The van der Waals surface area contributed by atoms with Gasteiger partial charge in [-0.3, -0.25) is 9.48 Å². The highest BCUT2D eigenvalue weighted by Crippen LogP contribution is 2.37. The number of halogens is 3. The van der Waals surface area contributed by atoms with E-state index in [2.05, 4.69) is 15.5 Å². The average Bonchev–Trinajstić information content (AvgIpc) is 3.49. The molecule has 2 aromatic carbocycles. The smallest absolute Gasteiger partial charge is 0.393 e. The molecular weight excluding hydrogens is 511 g/mol. The van der Waals surface area contributed by atoms with Crippen LogP contribution in [-0.2, 0) is 18.8 Å². The van der Waals surface area contributed by atoms with E-state index in [4.69, 9.17) is 0 Å². The lowest BCUT2D eigenvalue weighted by atomic mass is 9.96. The Balaban J connectivity index is 1.83. The Kier molecular flexibility index (Phi) is 7.49. The average molecular weight is 540 g/mol. The first-order valence-corrected chi connectivity index (χ1v) is 12.1. The molecule has 1 amide bonds. The predicted octanol–water partition coefficient (Wildman–Crippen LogP) is 5.34. The second kappa shape index (κ2) is 10.5. The number of rotatable bonds is 7. The van der Waals surface area contributed by atoms with E-state index in [-0.39, 0.29) is 22.6 Å². The van der Waals surface area contributed by atoms with Crippen LogP contribution in [0.2, 0.25) is 0 Å². The monoisotopic (exact) mass is 539 g/mol. The van der Waals surface area contributed by atoms with Crippen molar-refractivity contribution in [3.05, 3.63) is 83.6 Å². The number of aliphatic hydroxyl groups excluding tert-OH is 1. The van der Waals surface area contributed by atoms with Crippen molar-refractivity contribution in [2.75, 3.05) is 11.9 Å². The van der Waals surface area contributed by atoms with Gasteiger partial charge in [0.2, 0.25) is 0 Å². The highest BCUT2D eigenvalue weighted by Gasteiger charge is 2.35. The van der Waals surface area contributed by atoms with Crippen LogP contribution in [0.25, 0.3) is 27.9 Å². The molecule has 11 heteroatoms. The maximum absolute atomic E-state index is 13.8. The Hall–Kier alpha value is -4.22. The Morgan fingerprint density at radius 2 is 1.85 bits per heavy atom. The highest BCUT2D eigenvalue weighted by atomic mass is 19.4. The van der Waals surface area contributed by atoms with Crippen molar-refractivity contribution in [3.8, 4) is 11.3 Å². The van der Waals surface area contributed by atoms with Crippen molar-refractivity contribution in [2.45, 2.75) is 32.5 Å². The number of anilines is 1. The summed E-state index contributed by atoms with van der Waals surface area (Å²) in [7, 11) is 1.59. The molecule has 0 radical (unpaired) electrons. The second-order valence-corrected chi connectivity index (χ2v) is 9.22. The topological polar surface area (TPSA) is 105 Å². The van der Waals surface area contributed by atoms with Gasteiger partial charge in [-0.15, -0.1) is 0 Å². The van der Waals surface area contributed by atoms with Gasteiger partial charge < -0.3 is 15.5 Å². The number of aliphatic hydroxyl groups is 2. The summed E-state index contributed by atoms with van der Waals surface area (Å²) in [6, 6.07) is 9.48. The molecule has 4 rings (SSSR count). The van der Waals surface area contributed by atoms with Gasteiger partial charge in [-0.1, -0.05) is 18.2 Å². The third-order valence-electron chi connectivity index (χ3n) is 6.29. The Morgan fingerprint density at radius 1 is 1.10 bits per heavy atom. The van der Waals surface area contributed by atoms with Crippen molar-refractivity contribution >= 4 is 28.3 Å². The summed E-state index contributed by atoms with van der Waals surface area (Å²) in [5.74, 6) is -0.359. The molecule has 0 fully saturated rings. The van der Waals surface area contributed by atoms with Crippen LogP contribution < -0.4 is 5.32 Å². The standard InChI is InChI=1S/C28H28F3N5O3/c1-5-7-19(6-2)36-25(20-10-9-18(15-24(20)34-36)27(3,39)16-37)32-26(38)17-8-11-22(28(29,30)31)21(14-17)23-12-13-35(4)33-23/h5-15,37,39H,16H2,1-4H3,(H,32,38)/b7-5-,19-6+. The molecular formula is C28H28F3N5O3. The van der Waals surface area contributed by atoms with Gasteiger partial charge in [-0.25, -0.2) is 4.68 Å². The van der Waals surface area contributed by atoms with Gasteiger partial charge in [0.15, 0.2) is 0 Å². The Morgan fingerprint density at radius 3 is 2.44 bits per heavy atom. The summed E-state index contributed by atoms with van der Waals surface area (Å²) < 4.78 is 44.2. The molecule has 0 aliphatic heterocycles. The minimum absolute atomic E-state index is 0.00236. The van der Waals surface area contributed by atoms with Crippen LogP contribution in [-0.4, -0.2) is 42.3 Å². The molecule has 0 aliphatic carbocycles. The summed E-state index contributed by atoms with van der Waals surface area (Å²) in [5.41, 5.74) is -1.05. The molecule has 0 spiro atoms. The van der Waals surface area contributed by atoms with Crippen LogP contribution in [0.4, 0.5) is 19.0 Å². The zero-order valence-corrected chi connectivity index (χ0v) is 21.8. The molecule has 39 heavy (non-hydrogen) atoms. The normalized spacial score (nSPS) is 14.2. The molecule has 1 unspecified atom stereocenters. The van der Waals surface area contributed by atoms with Crippen molar-refractivity contribution in [1.82, 2.24) is 19.6 Å². The first kappa shape index (κ1) is 27.8. The molecule has 3 N–H and O–H groups in total. The molecule has 0 saturated heterocycles. The van der Waals surface area contributed by atoms with Crippen molar-refractivity contribution in [3.63, 3.8) is 0 Å². The number of allylic oxidation sites excluding steroid dienone is 4. The molecule has 0 aliphatic rings. The maximum atomic E-state index is 13.8. The summed E-state index contributed by atoms with van der Waals surface area (Å²) >= 11 is 0. The highest BCUT2D eigenvalue weighted by molar-refractivity contribution is 6.09. The number of aryl methyl sites for hydroxylation is 1. The summed E-state index contributed by atoms with van der Waals surface area (Å²) in [6.07, 6.45) is 2.24. The number of carbonyl (C=O) groups is 1. The number of amides is 1. The maximum Gasteiger partial charge on any atom is 0.417 e. The van der Waals surface area contributed by atoms with Crippen molar-refractivity contribution < 1.29 is 28.2 Å². The summed E-state index contributed by atoms with van der Waals surface area (Å²) in [4.78, 5) is 13.4. The molecule has 4 aromatic rings. The molecule has 2 heterocycles. The predicted molar refractivity (Wildman–Crippen MR) is 143 cm³/mol. The van der Waals surface area contributed by atoms with E-state index in [9.17, 15) is 28.2 Å². The first-order chi connectivity index (χ1) is 18.4. The fourth-order valence-electron chi connectivity index (χ4n) is 4.16. The number of nitrogens with zero attached hydrogens (tertiary/aromatic N) is 4.